The maximum Gasteiger partial charge on any atom is 0.212 e. The van der Waals surface area contributed by atoms with Gasteiger partial charge in [0.15, 0.2) is 6.20 Å². The van der Waals surface area contributed by atoms with E-state index in [4.69, 9.17) is 5.48 Å². The first-order valence-corrected chi connectivity index (χ1v) is 7.50. The van der Waals surface area contributed by atoms with E-state index >= 15 is 0 Å². The number of pyridine rings is 1. The number of hydrogen-bond donors (Lipinski definition) is 0. The molecule has 0 fully saturated rings. The number of aryl methyl sites for hydroxylation is 2. The van der Waals surface area contributed by atoms with Crippen LogP contribution in [0.2, 0.25) is 0 Å². The van der Waals surface area contributed by atoms with Crippen LogP contribution in [-0.4, -0.2) is 9.97 Å². The molecule has 0 amide bonds. The number of nitrogens with zero attached hydrogens (tertiary/aromatic N) is 3. The maximum absolute atomic E-state index is 8.08. The van der Waals surface area contributed by atoms with Crippen molar-refractivity contribution < 1.29 is 10.1 Å². The smallest absolute Gasteiger partial charge is 0.212 e. The second-order valence-electron chi connectivity index (χ2n) is 5.65. The molecule has 2 heterocycles. The molecule has 2 aromatic heterocycles. The van der Waals surface area contributed by atoms with E-state index in [2.05, 4.69) is 29.0 Å². The SMILES string of the molecule is [2H]C([2H])([2H])C([2H])(C)c1ncc(-c2ccc(-c3ccccc3C)[n+](C)c2)cn1. The molecule has 0 spiro atoms. The second kappa shape index (κ2) is 6.29. The normalized spacial score (nSPS) is 16.7. The number of benzene rings is 1. The fourth-order valence-electron chi connectivity index (χ4n) is 2.59. The standard InChI is InChI=1S/C20H22N3/c1-14(2)20-21-11-17(12-22-20)16-9-10-19(23(4)13-16)18-8-6-5-7-15(18)3/h5-14H,1-4H3/q+1/i1D3,14D. The van der Waals surface area contributed by atoms with E-state index in [9.17, 15) is 0 Å². The topological polar surface area (TPSA) is 29.7 Å². The van der Waals surface area contributed by atoms with Gasteiger partial charge >= 0.3 is 0 Å². The monoisotopic (exact) mass is 308 g/mol. The lowest BCUT2D eigenvalue weighted by Gasteiger charge is -2.07. The predicted octanol–water partition coefficient (Wildman–Crippen LogP) is 4.07. The second-order valence-corrected chi connectivity index (χ2v) is 5.65. The van der Waals surface area contributed by atoms with Crippen LogP contribution in [-0.2, 0) is 7.05 Å². The molecule has 0 aliphatic heterocycles. The third-order valence-electron chi connectivity index (χ3n) is 3.88. The van der Waals surface area contributed by atoms with Gasteiger partial charge in [0.2, 0.25) is 5.69 Å². The van der Waals surface area contributed by atoms with Crippen LogP contribution in [0.1, 0.15) is 36.5 Å². The molecule has 3 heteroatoms. The fraction of sp³-hybridized carbons (Fsp3) is 0.250. The first kappa shape index (κ1) is 11.1. The first-order valence-electron chi connectivity index (χ1n) is 9.50. The van der Waals surface area contributed by atoms with Crippen LogP contribution in [0.3, 0.4) is 0 Å². The van der Waals surface area contributed by atoms with Gasteiger partial charge in [0.05, 0.1) is 0 Å². The molecule has 1 aromatic carbocycles. The van der Waals surface area contributed by atoms with E-state index in [0.29, 0.717) is 0 Å². The largest absolute Gasteiger partial charge is 0.240 e. The molecular weight excluding hydrogens is 282 g/mol. The van der Waals surface area contributed by atoms with Crippen molar-refractivity contribution in [2.75, 3.05) is 0 Å². The summed E-state index contributed by atoms with van der Waals surface area (Å²) in [5.41, 5.74) is 5.15. The van der Waals surface area contributed by atoms with Crippen molar-refractivity contribution in [3.8, 4) is 22.4 Å². The molecule has 3 aromatic rings. The van der Waals surface area contributed by atoms with Gasteiger partial charge in [-0.15, -0.1) is 0 Å². The minimum Gasteiger partial charge on any atom is -0.240 e. The zero-order chi connectivity index (χ0) is 19.8. The van der Waals surface area contributed by atoms with E-state index in [-0.39, 0.29) is 5.82 Å². The molecule has 0 saturated heterocycles. The summed E-state index contributed by atoms with van der Waals surface area (Å²) in [4.78, 5) is 8.30. The molecule has 0 aliphatic rings. The van der Waals surface area contributed by atoms with Gasteiger partial charge < -0.3 is 0 Å². The molecule has 23 heavy (non-hydrogen) atoms. The van der Waals surface area contributed by atoms with Crippen molar-refractivity contribution in [1.29, 1.82) is 0 Å². The lowest BCUT2D eigenvalue weighted by molar-refractivity contribution is -0.659. The summed E-state index contributed by atoms with van der Waals surface area (Å²) < 4.78 is 32.6. The average Bonchev–Trinajstić information content (AvgIpc) is 2.61. The van der Waals surface area contributed by atoms with Gasteiger partial charge in [-0.1, -0.05) is 32.0 Å². The van der Waals surface area contributed by atoms with Crippen molar-refractivity contribution in [2.24, 2.45) is 7.05 Å². The Hall–Kier alpha value is -2.55. The van der Waals surface area contributed by atoms with Gasteiger partial charge in [-0.25, -0.2) is 14.5 Å². The van der Waals surface area contributed by atoms with Crippen molar-refractivity contribution in [3.63, 3.8) is 0 Å². The molecule has 0 aliphatic carbocycles. The van der Waals surface area contributed by atoms with Gasteiger partial charge in [-0.05, 0) is 24.6 Å². The summed E-state index contributed by atoms with van der Waals surface area (Å²) in [7, 11) is 1.98. The van der Waals surface area contributed by atoms with E-state index < -0.39 is 12.7 Å². The molecule has 0 bridgehead atoms. The zero-order valence-corrected chi connectivity index (χ0v) is 13.5. The molecule has 3 rings (SSSR count). The third kappa shape index (κ3) is 3.14. The molecule has 0 N–H and O–H groups in total. The Morgan fingerprint density at radius 1 is 1.09 bits per heavy atom. The van der Waals surface area contributed by atoms with Crippen LogP contribution in [0.25, 0.3) is 22.4 Å². The Morgan fingerprint density at radius 2 is 1.83 bits per heavy atom. The van der Waals surface area contributed by atoms with Crippen LogP contribution < -0.4 is 4.57 Å². The van der Waals surface area contributed by atoms with Crippen molar-refractivity contribution >= 4 is 0 Å². The van der Waals surface area contributed by atoms with Crippen LogP contribution in [0.5, 0.6) is 0 Å². The van der Waals surface area contributed by atoms with E-state index in [1.807, 2.05) is 42.1 Å². The number of aromatic nitrogens is 3. The van der Waals surface area contributed by atoms with Crippen LogP contribution in [0.15, 0.2) is 55.0 Å². The molecule has 1 unspecified atom stereocenters. The van der Waals surface area contributed by atoms with Crippen LogP contribution in [0.4, 0.5) is 0 Å². The third-order valence-corrected chi connectivity index (χ3v) is 3.88. The fourth-order valence-corrected chi connectivity index (χ4v) is 2.59. The number of hydrogen-bond acceptors (Lipinski definition) is 2. The minimum atomic E-state index is -2.49. The van der Waals surface area contributed by atoms with Gasteiger partial charge in [-0.2, -0.15) is 0 Å². The van der Waals surface area contributed by atoms with E-state index in [1.165, 1.54) is 18.1 Å². The van der Waals surface area contributed by atoms with Gasteiger partial charge in [-0.3, -0.25) is 0 Å². The first-order chi connectivity index (χ1) is 12.6. The highest BCUT2D eigenvalue weighted by Crippen LogP contribution is 2.23. The Labute approximate surface area is 143 Å². The summed E-state index contributed by atoms with van der Waals surface area (Å²) in [5.74, 6) is -1.85. The molecule has 3 nitrogen and oxygen atoms in total. The van der Waals surface area contributed by atoms with Crippen molar-refractivity contribution in [3.05, 3.63) is 66.4 Å². The highest BCUT2D eigenvalue weighted by molar-refractivity contribution is 5.65. The highest BCUT2D eigenvalue weighted by atomic mass is 14.9. The molecule has 0 saturated carbocycles. The van der Waals surface area contributed by atoms with Gasteiger partial charge in [0.25, 0.3) is 0 Å². The Morgan fingerprint density at radius 3 is 2.48 bits per heavy atom. The van der Waals surface area contributed by atoms with Crippen LogP contribution in [0, 0.1) is 6.92 Å². The van der Waals surface area contributed by atoms with Crippen molar-refractivity contribution in [1.82, 2.24) is 9.97 Å². The molecule has 116 valence electrons. The zero-order valence-electron chi connectivity index (χ0n) is 17.5. The molecule has 1 atom stereocenters. The van der Waals surface area contributed by atoms with E-state index in [0.717, 1.165) is 16.8 Å². The van der Waals surface area contributed by atoms with Gasteiger partial charge in [0.1, 0.15) is 12.9 Å². The summed E-state index contributed by atoms with van der Waals surface area (Å²) in [6.45, 7) is 0.904. The van der Waals surface area contributed by atoms with Gasteiger partial charge in [0, 0.05) is 46.5 Å². The Balaban J connectivity index is 1.94. The summed E-state index contributed by atoms with van der Waals surface area (Å²) in [5, 5.41) is 0. The highest BCUT2D eigenvalue weighted by Gasteiger charge is 2.14. The maximum atomic E-state index is 8.08. The average molecular weight is 308 g/mol. The Kier molecular flexibility index (Phi) is 3.02. The molecule has 0 radical (unpaired) electrons. The lowest BCUT2D eigenvalue weighted by atomic mass is 10.0. The van der Waals surface area contributed by atoms with E-state index in [1.54, 1.807) is 12.4 Å². The summed E-state index contributed by atoms with van der Waals surface area (Å²) in [6, 6.07) is 12.2. The Bertz CT molecular complexity index is 964. The quantitative estimate of drug-likeness (QED) is 0.683. The van der Waals surface area contributed by atoms with Crippen molar-refractivity contribution in [2.45, 2.75) is 26.6 Å². The summed E-state index contributed by atoms with van der Waals surface area (Å²) in [6.07, 6.45) is 5.14. The summed E-state index contributed by atoms with van der Waals surface area (Å²) >= 11 is 0. The predicted molar refractivity (Wildman–Crippen MR) is 92.9 cm³/mol. The van der Waals surface area contributed by atoms with Crippen LogP contribution >= 0.6 is 0 Å². The molecular formula is C20H22N3+. The minimum absolute atomic E-state index is 0.00726. The lowest BCUT2D eigenvalue weighted by Crippen LogP contribution is -2.30. The number of rotatable bonds is 3.